The number of piperidine rings is 1. The molecular weight excluding hydrogens is 320 g/mol. The van der Waals surface area contributed by atoms with Gasteiger partial charge in [-0.1, -0.05) is 0 Å². The highest BCUT2D eigenvalue weighted by molar-refractivity contribution is 5.79. The normalized spacial score (nSPS) is 22.3. The van der Waals surface area contributed by atoms with E-state index in [2.05, 4.69) is 0 Å². The topological polar surface area (TPSA) is 63.0 Å². The molecule has 2 fully saturated rings. The Bertz CT molecular complexity index is 597. The van der Waals surface area contributed by atoms with Gasteiger partial charge in [0.2, 0.25) is 5.91 Å². The van der Waals surface area contributed by atoms with Crippen LogP contribution in [0.4, 0.5) is 4.79 Å². The number of rotatable bonds is 2. The monoisotopic (exact) mass is 348 g/mol. The van der Waals surface area contributed by atoms with Crippen LogP contribution < -0.4 is 0 Å². The molecule has 25 heavy (non-hydrogen) atoms. The molecule has 3 rings (SSSR count). The van der Waals surface area contributed by atoms with E-state index in [1.165, 1.54) is 0 Å². The second-order valence-electron chi connectivity index (χ2n) is 8.03. The van der Waals surface area contributed by atoms with E-state index in [0.717, 1.165) is 25.3 Å². The molecule has 0 aliphatic carbocycles. The van der Waals surface area contributed by atoms with E-state index in [-0.39, 0.29) is 17.9 Å². The molecule has 138 valence electrons. The van der Waals surface area contributed by atoms with Gasteiger partial charge >= 0.3 is 6.09 Å². The summed E-state index contributed by atoms with van der Waals surface area (Å²) >= 11 is 0. The van der Waals surface area contributed by atoms with Crippen LogP contribution in [0.1, 0.15) is 51.7 Å². The summed E-state index contributed by atoms with van der Waals surface area (Å²) in [5.74, 6) is 1.50. The molecule has 6 nitrogen and oxygen atoms in total. The predicted octanol–water partition coefficient (Wildman–Crippen LogP) is 3.24. The van der Waals surface area contributed by atoms with Gasteiger partial charge in [-0.05, 0) is 52.2 Å². The first-order chi connectivity index (χ1) is 11.8. The van der Waals surface area contributed by atoms with Gasteiger partial charge in [-0.2, -0.15) is 0 Å². The molecule has 2 aliphatic rings. The van der Waals surface area contributed by atoms with E-state index < -0.39 is 5.60 Å². The van der Waals surface area contributed by atoms with Crippen LogP contribution in [0.2, 0.25) is 0 Å². The Kier molecular flexibility index (Phi) is 5.06. The van der Waals surface area contributed by atoms with Gasteiger partial charge in [0.25, 0.3) is 0 Å². The number of carbonyl (C=O) groups is 2. The van der Waals surface area contributed by atoms with Crippen molar-refractivity contribution in [3.05, 3.63) is 24.2 Å². The summed E-state index contributed by atoms with van der Waals surface area (Å²) in [6.07, 6.45) is 3.78. The van der Waals surface area contributed by atoms with Crippen LogP contribution in [0.15, 0.2) is 22.8 Å². The third kappa shape index (κ3) is 4.35. The number of carbonyl (C=O) groups excluding carboxylic acids is 2. The molecule has 1 aromatic heterocycles. The molecule has 1 unspecified atom stereocenters. The third-order valence-corrected chi connectivity index (χ3v) is 4.94. The summed E-state index contributed by atoms with van der Waals surface area (Å²) in [6, 6.07) is 3.88. The van der Waals surface area contributed by atoms with Gasteiger partial charge in [-0.25, -0.2) is 4.79 Å². The summed E-state index contributed by atoms with van der Waals surface area (Å²) in [5.41, 5.74) is -0.486. The quantitative estimate of drug-likeness (QED) is 0.823. The molecule has 0 aromatic carbocycles. The number of hydrogen-bond donors (Lipinski definition) is 0. The Morgan fingerprint density at radius 1 is 1.12 bits per heavy atom. The van der Waals surface area contributed by atoms with Crippen LogP contribution >= 0.6 is 0 Å². The van der Waals surface area contributed by atoms with E-state index in [1.807, 2.05) is 37.8 Å². The predicted molar refractivity (Wildman–Crippen MR) is 93.2 cm³/mol. The second-order valence-corrected chi connectivity index (χ2v) is 8.03. The van der Waals surface area contributed by atoms with Gasteiger partial charge in [0.05, 0.1) is 6.26 Å². The standard InChI is InChI=1S/C19H28N2O4/c1-19(2,3)25-18(23)20-9-6-14(7-10-20)17(22)21-11-8-15(13-21)16-5-4-12-24-16/h4-5,12,14-15H,6-11,13H2,1-3H3. The van der Waals surface area contributed by atoms with Gasteiger partial charge in [0, 0.05) is 38.0 Å². The van der Waals surface area contributed by atoms with E-state index in [0.29, 0.717) is 31.8 Å². The molecule has 0 saturated carbocycles. The maximum Gasteiger partial charge on any atom is 0.410 e. The SMILES string of the molecule is CC(C)(C)OC(=O)N1CCC(C(=O)N2CCC(c3ccco3)C2)CC1. The zero-order valence-corrected chi connectivity index (χ0v) is 15.4. The molecule has 0 radical (unpaired) electrons. The molecule has 2 aliphatic heterocycles. The van der Waals surface area contributed by atoms with Gasteiger partial charge < -0.3 is 19.0 Å². The lowest BCUT2D eigenvalue weighted by Gasteiger charge is -2.34. The van der Waals surface area contributed by atoms with Crippen LogP contribution in [0.3, 0.4) is 0 Å². The van der Waals surface area contributed by atoms with Crippen molar-refractivity contribution in [2.75, 3.05) is 26.2 Å². The zero-order chi connectivity index (χ0) is 18.0. The average molecular weight is 348 g/mol. The zero-order valence-electron chi connectivity index (χ0n) is 15.4. The smallest absolute Gasteiger partial charge is 0.410 e. The second kappa shape index (κ2) is 7.10. The molecule has 2 amide bonds. The first kappa shape index (κ1) is 17.8. The van der Waals surface area contributed by atoms with Gasteiger partial charge in [-0.15, -0.1) is 0 Å². The van der Waals surface area contributed by atoms with E-state index in [1.54, 1.807) is 11.2 Å². The Morgan fingerprint density at radius 3 is 2.40 bits per heavy atom. The lowest BCUT2D eigenvalue weighted by Crippen LogP contribution is -2.45. The Balaban J connectivity index is 1.48. The number of furan rings is 1. The summed E-state index contributed by atoms with van der Waals surface area (Å²) < 4.78 is 10.9. The molecular formula is C19H28N2O4. The van der Waals surface area contributed by atoms with Crippen molar-refractivity contribution in [1.29, 1.82) is 0 Å². The number of hydrogen-bond acceptors (Lipinski definition) is 4. The number of likely N-dealkylation sites (tertiary alicyclic amines) is 2. The molecule has 3 heterocycles. The van der Waals surface area contributed by atoms with E-state index >= 15 is 0 Å². The van der Waals surface area contributed by atoms with Crippen molar-refractivity contribution in [2.45, 2.75) is 51.6 Å². The van der Waals surface area contributed by atoms with Crippen LogP contribution in [0.5, 0.6) is 0 Å². The van der Waals surface area contributed by atoms with Crippen molar-refractivity contribution in [3.8, 4) is 0 Å². The van der Waals surface area contributed by atoms with Crippen LogP contribution in [-0.2, 0) is 9.53 Å². The van der Waals surface area contributed by atoms with Crippen LogP contribution in [0, 0.1) is 5.92 Å². The molecule has 2 saturated heterocycles. The van der Waals surface area contributed by atoms with Crippen LogP contribution in [-0.4, -0.2) is 53.6 Å². The molecule has 6 heteroatoms. The molecule has 1 aromatic rings. The highest BCUT2D eigenvalue weighted by atomic mass is 16.6. The van der Waals surface area contributed by atoms with Gasteiger partial charge in [0.1, 0.15) is 11.4 Å². The first-order valence-electron chi connectivity index (χ1n) is 9.13. The maximum absolute atomic E-state index is 12.8. The van der Waals surface area contributed by atoms with E-state index in [9.17, 15) is 9.59 Å². The van der Waals surface area contributed by atoms with Crippen molar-refractivity contribution >= 4 is 12.0 Å². The van der Waals surface area contributed by atoms with Crippen LogP contribution in [0.25, 0.3) is 0 Å². The van der Waals surface area contributed by atoms with Gasteiger partial charge in [-0.3, -0.25) is 4.79 Å². The largest absolute Gasteiger partial charge is 0.469 e. The summed E-state index contributed by atoms with van der Waals surface area (Å²) in [7, 11) is 0. The van der Waals surface area contributed by atoms with Crippen molar-refractivity contribution < 1.29 is 18.7 Å². The minimum absolute atomic E-state index is 0.00837. The Hall–Kier alpha value is -1.98. The number of nitrogens with zero attached hydrogens (tertiary/aromatic N) is 2. The lowest BCUT2D eigenvalue weighted by atomic mass is 9.95. The molecule has 0 N–H and O–H groups in total. The maximum atomic E-state index is 12.8. The first-order valence-corrected chi connectivity index (χ1v) is 9.13. The molecule has 0 bridgehead atoms. The Morgan fingerprint density at radius 2 is 1.80 bits per heavy atom. The van der Waals surface area contributed by atoms with Gasteiger partial charge in [0.15, 0.2) is 0 Å². The van der Waals surface area contributed by atoms with E-state index in [4.69, 9.17) is 9.15 Å². The Labute approximate surface area is 149 Å². The fourth-order valence-electron chi connectivity index (χ4n) is 3.61. The highest BCUT2D eigenvalue weighted by Crippen LogP contribution is 2.30. The van der Waals surface area contributed by atoms with Crippen molar-refractivity contribution in [3.63, 3.8) is 0 Å². The van der Waals surface area contributed by atoms with Crippen molar-refractivity contribution in [2.24, 2.45) is 5.92 Å². The number of ether oxygens (including phenoxy) is 1. The third-order valence-electron chi connectivity index (χ3n) is 4.94. The molecule has 1 atom stereocenters. The minimum atomic E-state index is -0.486. The number of amides is 2. The fourth-order valence-corrected chi connectivity index (χ4v) is 3.61. The minimum Gasteiger partial charge on any atom is -0.469 e. The summed E-state index contributed by atoms with van der Waals surface area (Å²) in [6.45, 7) is 8.29. The molecule has 0 spiro atoms. The average Bonchev–Trinajstić information content (AvgIpc) is 3.23. The lowest BCUT2D eigenvalue weighted by molar-refractivity contribution is -0.136. The summed E-state index contributed by atoms with van der Waals surface area (Å²) in [5, 5.41) is 0. The van der Waals surface area contributed by atoms with Crippen molar-refractivity contribution in [1.82, 2.24) is 9.80 Å². The fraction of sp³-hybridized carbons (Fsp3) is 0.684. The summed E-state index contributed by atoms with van der Waals surface area (Å²) in [4.78, 5) is 28.6. The highest BCUT2D eigenvalue weighted by Gasteiger charge is 2.35.